The summed E-state index contributed by atoms with van der Waals surface area (Å²) in [4.78, 5) is 14.7. The van der Waals surface area contributed by atoms with Crippen LogP contribution in [0, 0.1) is 23.1 Å². The summed E-state index contributed by atoms with van der Waals surface area (Å²) in [7, 11) is 0. The Morgan fingerprint density at radius 2 is 1.92 bits per heavy atom. The first-order valence-electron chi connectivity index (χ1n) is 8.32. The zero-order valence-electron chi connectivity index (χ0n) is 14.8. The Balaban J connectivity index is 2.30. The van der Waals surface area contributed by atoms with E-state index in [0.29, 0.717) is 5.70 Å². The van der Waals surface area contributed by atoms with Gasteiger partial charge in [-0.3, -0.25) is 9.69 Å². The summed E-state index contributed by atoms with van der Waals surface area (Å²) < 4.78 is 14.4. The van der Waals surface area contributed by atoms with Gasteiger partial charge in [0, 0.05) is 5.70 Å². The van der Waals surface area contributed by atoms with Crippen LogP contribution in [0.15, 0.2) is 48.2 Å². The van der Waals surface area contributed by atoms with Crippen LogP contribution in [0.2, 0.25) is 5.02 Å². The molecule has 1 amide bonds. The molecule has 0 spiro atoms. The predicted molar refractivity (Wildman–Crippen MR) is 99.8 cm³/mol. The third-order valence-corrected chi connectivity index (χ3v) is 5.14. The highest BCUT2D eigenvalue weighted by Crippen LogP contribution is 2.45. The molecule has 0 radical (unpaired) electrons. The maximum atomic E-state index is 14.4. The Morgan fingerprint density at radius 1 is 1.23 bits per heavy atom. The minimum Gasteiger partial charge on any atom is -0.289 e. The lowest BCUT2D eigenvalue weighted by atomic mass is 9.74. The van der Waals surface area contributed by atoms with Crippen LogP contribution in [0.25, 0.3) is 6.08 Å². The minimum absolute atomic E-state index is 0.0252. The summed E-state index contributed by atoms with van der Waals surface area (Å²) in [6, 6.07) is 13.9. The topological polar surface area (TPSA) is 44.1 Å². The summed E-state index contributed by atoms with van der Waals surface area (Å²) in [6.07, 6.45) is 1.83. The fraction of sp³-hybridized carbons (Fsp3) is 0.238. The van der Waals surface area contributed by atoms with E-state index in [2.05, 4.69) is 6.07 Å². The number of nitrogens with zero attached hydrogens (tertiary/aromatic N) is 2. The highest BCUT2D eigenvalue weighted by atomic mass is 35.5. The maximum absolute atomic E-state index is 14.4. The minimum atomic E-state index is -1.25. The molecule has 0 bridgehead atoms. The van der Waals surface area contributed by atoms with Gasteiger partial charge in [-0.1, -0.05) is 55.8 Å². The number of carbonyl (C=O) groups excluding carboxylic acids is 1. The molecule has 132 valence electrons. The number of rotatable bonds is 2. The molecule has 0 unspecified atom stereocenters. The Kier molecular flexibility index (Phi) is 4.60. The number of hydrogen-bond acceptors (Lipinski definition) is 2. The second-order valence-electron chi connectivity index (χ2n) is 6.64. The van der Waals surface area contributed by atoms with E-state index >= 15 is 0 Å². The van der Waals surface area contributed by atoms with Crippen molar-refractivity contribution >= 4 is 23.6 Å². The van der Waals surface area contributed by atoms with Crippen molar-refractivity contribution in [1.29, 1.82) is 5.26 Å². The Morgan fingerprint density at radius 3 is 2.54 bits per heavy atom. The molecule has 0 fully saturated rings. The van der Waals surface area contributed by atoms with Gasteiger partial charge in [0.1, 0.15) is 5.82 Å². The smallest absolute Gasteiger partial charge is 0.264 e. The zero-order valence-corrected chi connectivity index (χ0v) is 15.5. The average molecular weight is 369 g/mol. The average Bonchev–Trinajstić information content (AvgIpc) is 2.59. The van der Waals surface area contributed by atoms with E-state index < -0.39 is 17.3 Å². The number of benzene rings is 2. The maximum Gasteiger partial charge on any atom is 0.264 e. The van der Waals surface area contributed by atoms with E-state index in [-0.39, 0.29) is 16.5 Å². The molecule has 5 heteroatoms. The third kappa shape index (κ3) is 2.51. The Hall–Kier alpha value is -2.64. The van der Waals surface area contributed by atoms with E-state index in [0.717, 1.165) is 11.1 Å². The lowest BCUT2D eigenvalue weighted by Crippen LogP contribution is -2.53. The van der Waals surface area contributed by atoms with Gasteiger partial charge in [-0.15, -0.1) is 0 Å². The van der Waals surface area contributed by atoms with Gasteiger partial charge in [-0.05, 0) is 42.2 Å². The molecule has 2 aromatic carbocycles. The van der Waals surface area contributed by atoms with Crippen LogP contribution < -0.4 is 0 Å². The molecule has 0 saturated carbocycles. The third-order valence-electron chi connectivity index (χ3n) is 4.83. The summed E-state index contributed by atoms with van der Waals surface area (Å²) >= 11 is 6.12. The van der Waals surface area contributed by atoms with Crippen molar-refractivity contribution in [2.24, 2.45) is 5.92 Å². The van der Waals surface area contributed by atoms with Crippen molar-refractivity contribution in [3.8, 4) is 6.07 Å². The molecule has 1 aliphatic heterocycles. The van der Waals surface area contributed by atoms with Crippen LogP contribution in [-0.2, 0) is 5.54 Å². The highest BCUT2D eigenvalue weighted by Gasteiger charge is 2.49. The summed E-state index contributed by atoms with van der Waals surface area (Å²) in [5, 5.41) is 10.2. The van der Waals surface area contributed by atoms with Crippen LogP contribution in [0.5, 0.6) is 0 Å². The summed E-state index contributed by atoms with van der Waals surface area (Å²) in [5.74, 6) is -1.55. The number of hydrogen-bond donors (Lipinski definition) is 0. The van der Waals surface area contributed by atoms with Crippen LogP contribution in [-0.4, -0.2) is 10.8 Å². The summed E-state index contributed by atoms with van der Waals surface area (Å²) in [5.41, 5.74) is 0.704. The first kappa shape index (κ1) is 18.2. The second kappa shape index (κ2) is 6.59. The van der Waals surface area contributed by atoms with Crippen LogP contribution in [0.4, 0.5) is 4.39 Å². The van der Waals surface area contributed by atoms with Crippen molar-refractivity contribution in [2.45, 2.75) is 26.3 Å². The number of amides is 1. The van der Waals surface area contributed by atoms with E-state index in [1.165, 1.54) is 23.1 Å². The Labute approximate surface area is 157 Å². The SMILES string of the molecule is CC1=Cc2ccccc2[C@](C#N)(C(C)C)N1C(=O)c1c(F)cccc1Cl. The molecule has 2 aromatic rings. The fourth-order valence-electron chi connectivity index (χ4n) is 3.60. The molecule has 1 aliphatic rings. The fourth-order valence-corrected chi connectivity index (χ4v) is 3.84. The molecule has 0 N–H and O–H groups in total. The van der Waals surface area contributed by atoms with Crippen molar-refractivity contribution in [3.63, 3.8) is 0 Å². The van der Waals surface area contributed by atoms with Gasteiger partial charge in [0.15, 0.2) is 5.54 Å². The molecule has 1 atom stereocenters. The molecular weight excluding hydrogens is 351 g/mol. The summed E-state index contributed by atoms with van der Waals surface area (Å²) in [6.45, 7) is 5.50. The lowest BCUT2D eigenvalue weighted by Gasteiger charge is -2.45. The van der Waals surface area contributed by atoms with Gasteiger partial charge in [0.25, 0.3) is 5.91 Å². The standard InChI is InChI=1S/C21H18ClFN2O/c1-13(2)21(12-24)16-8-5-4-7-15(16)11-14(3)25(21)20(26)19-17(22)9-6-10-18(19)23/h4-11,13H,1-3H3/t21-/m0/s1. The van der Waals surface area contributed by atoms with Gasteiger partial charge in [-0.2, -0.15) is 5.26 Å². The van der Waals surface area contributed by atoms with Gasteiger partial charge in [0.2, 0.25) is 0 Å². The van der Waals surface area contributed by atoms with Crippen molar-refractivity contribution < 1.29 is 9.18 Å². The number of fused-ring (bicyclic) bond motifs is 1. The number of carbonyl (C=O) groups is 1. The number of nitriles is 1. The molecule has 1 heterocycles. The quantitative estimate of drug-likeness (QED) is 0.715. The van der Waals surface area contributed by atoms with Gasteiger partial charge in [0.05, 0.1) is 16.7 Å². The van der Waals surface area contributed by atoms with Crippen LogP contribution >= 0.6 is 11.6 Å². The van der Waals surface area contributed by atoms with E-state index in [1.807, 2.05) is 44.2 Å². The second-order valence-corrected chi connectivity index (χ2v) is 7.05. The normalized spacial score (nSPS) is 19.0. The van der Waals surface area contributed by atoms with Crippen molar-refractivity contribution in [1.82, 2.24) is 4.90 Å². The molecular formula is C21H18ClFN2O. The van der Waals surface area contributed by atoms with Crippen molar-refractivity contribution in [3.05, 3.63) is 75.7 Å². The van der Waals surface area contributed by atoms with Gasteiger partial charge < -0.3 is 0 Å². The Bertz CT molecular complexity index is 940. The van der Waals surface area contributed by atoms with Gasteiger partial charge in [-0.25, -0.2) is 4.39 Å². The number of halogens is 2. The predicted octanol–water partition coefficient (Wildman–Crippen LogP) is 5.37. The first-order valence-corrected chi connectivity index (χ1v) is 8.70. The van der Waals surface area contributed by atoms with E-state index in [9.17, 15) is 14.4 Å². The zero-order chi connectivity index (χ0) is 19.1. The first-order chi connectivity index (χ1) is 12.3. The van der Waals surface area contributed by atoms with Gasteiger partial charge >= 0.3 is 0 Å². The molecule has 26 heavy (non-hydrogen) atoms. The van der Waals surface area contributed by atoms with E-state index in [4.69, 9.17) is 11.6 Å². The van der Waals surface area contributed by atoms with Crippen LogP contribution in [0.3, 0.4) is 0 Å². The molecule has 3 nitrogen and oxygen atoms in total. The van der Waals surface area contributed by atoms with Crippen LogP contribution in [0.1, 0.15) is 42.3 Å². The number of allylic oxidation sites excluding steroid dienone is 1. The largest absolute Gasteiger partial charge is 0.289 e. The lowest BCUT2D eigenvalue weighted by molar-refractivity contribution is 0.0582. The monoisotopic (exact) mass is 368 g/mol. The molecule has 0 saturated heterocycles. The van der Waals surface area contributed by atoms with E-state index in [1.54, 1.807) is 6.92 Å². The molecule has 3 rings (SSSR count). The molecule has 0 aliphatic carbocycles. The highest BCUT2D eigenvalue weighted by molar-refractivity contribution is 6.34. The van der Waals surface area contributed by atoms with Crippen molar-refractivity contribution in [2.75, 3.05) is 0 Å². The molecule has 0 aromatic heterocycles.